The Bertz CT molecular complexity index is 874. The number of H-pyrrole nitrogens is 1. The third-order valence-corrected chi connectivity index (χ3v) is 4.64. The summed E-state index contributed by atoms with van der Waals surface area (Å²) in [4.78, 5) is 12.9. The van der Waals surface area contributed by atoms with Crippen LogP contribution < -0.4 is 5.43 Å². The third kappa shape index (κ3) is 4.07. The van der Waals surface area contributed by atoms with E-state index < -0.39 is 0 Å². The Labute approximate surface area is 149 Å². The summed E-state index contributed by atoms with van der Waals surface area (Å²) in [5.74, 6) is -0.388. The van der Waals surface area contributed by atoms with Crippen molar-refractivity contribution in [3.8, 4) is 10.6 Å². The number of amides is 1. The summed E-state index contributed by atoms with van der Waals surface area (Å²) in [7, 11) is 0. The lowest BCUT2D eigenvalue weighted by Crippen LogP contribution is -2.17. The molecule has 2 heterocycles. The lowest BCUT2D eigenvalue weighted by molar-refractivity contribution is 0.0950. The van der Waals surface area contributed by atoms with Crippen molar-refractivity contribution in [2.75, 3.05) is 0 Å². The van der Waals surface area contributed by atoms with Gasteiger partial charge in [-0.2, -0.15) is 10.2 Å². The van der Waals surface area contributed by atoms with E-state index in [4.69, 9.17) is 11.6 Å². The summed E-state index contributed by atoms with van der Waals surface area (Å²) in [6.07, 6.45) is 1.56. The lowest BCUT2D eigenvalue weighted by Gasteiger charge is -1.96. The van der Waals surface area contributed by atoms with E-state index in [2.05, 4.69) is 36.7 Å². The fourth-order valence-corrected chi connectivity index (χ4v) is 3.26. The Morgan fingerprint density at radius 1 is 1.35 bits per heavy atom. The predicted molar refractivity (Wildman–Crippen MR) is 96.1 cm³/mol. The smallest absolute Gasteiger partial charge is 0.276 e. The largest absolute Gasteiger partial charge is 0.291 e. The minimum absolute atomic E-state index is 0.260. The normalized spacial score (nSPS) is 11.0. The second kappa shape index (κ2) is 7.08. The summed E-state index contributed by atoms with van der Waals surface area (Å²) >= 11 is 10.7. The van der Waals surface area contributed by atoms with Crippen LogP contribution >= 0.6 is 38.9 Å². The number of aromatic amines is 1. The number of halogens is 2. The number of carbonyl (C=O) groups excluding carboxylic acids is 1. The molecule has 3 rings (SSSR count). The fraction of sp³-hybridized carbons (Fsp3) is 0. The van der Waals surface area contributed by atoms with Gasteiger partial charge in [0, 0.05) is 4.47 Å². The first-order valence-electron chi connectivity index (χ1n) is 6.52. The molecule has 0 saturated carbocycles. The van der Waals surface area contributed by atoms with Gasteiger partial charge in [-0.1, -0.05) is 39.7 Å². The van der Waals surface area contributed by atoms with Crippen LogP contribution in [0.4, 0.5) is 0 Å². The number of rotatable bonds is 4. The molecule has 0 radical (unpaired) electrons. The molecule has 0 atom stereocenters. The zero-order chi connectivity index (χ0) is 16.2. The summed E-state index contributed by atoms with van der Waals surface area (Å²) in [6.45, 7) is 0. The standard InChI is InChI=1S/C15H10BrClN4OS/c16-10-3-1-2-9(6-10)8-18-21-15(22)12-7-11(19-20-12)13-4-5-14(17)23-13/h1-8H,(H,19,20)(H,21,22). The van der Waals surface area contributed by atoms with Gasteiger partial charge in [0.15, 0.2) is 5.69 Å². The maximum atomic E-state index is 12.0. The molecule has 1 amide bonds. The van der Waals surface area contributed by atoms with Crippen molar-refractivity contribution >= 4 is 51.0 Å². The van der Waals surface area contributed by atoms with Gasteiger partial charge in [0.2, 0.25) is 0 Å². The SMILES string of the molecule is O=C(NN=Cc1cccc(Br)c1)c1cc(-c2ccc(Cl)s2)[nH]n1. The van der Waals surface area contributed by atoms with Crippen LogP contribution in [0.15, 0.2) is 52.0 Å². The molecule has 0 aliphatic carbocycles. The third-order valence-electron chi connectivity index (χ3n) is 2.88. The van der Waals surface area contributed by atoms with Gasteiger partial charge in [-0.25, -0.2) is 5.43 Å². The average molecular weight is 410 g/mol. The average Bonchev–Trinajstić information content (AvgIpc) is 3.16. The molecule has 0 saturated heterocycles. The van der Waals surface area contributed by atoms with Gasteiger partial charge in [-0.3, -0.25) is 9.89 Å². The highest BCUT2D eigenvalue weighted by molar-refractivity contribution is 9.10. The number of hydrogen-bond acceptors (Lipinski definition) is 4. The minimum Gasteiger partial charge on any atom is -0.276 e. The number of aromatic nitrogens is 2. The fourth-order valence-electron chi connectivity index (χ4n) is 1.83. The van der Waals surface area contributed by atoms with Gasteiger partial charge in [-0.15, -0.1) is 11.3 Å². The van der Waals surface area contributed by atoms with E-state index in [0.717, 1.165) is 20.6 Å². The highest BCUT2D eigenvalue weighted by Gasteiger charge is 2.11. The summed E-state index contributed by atoms with van der Waals surface area (Å²) in [5, 5.41) is 10.7. The summed E-state index contributed by atoms with van der Waals surface area (Å²) in [5.41, 5.74) is 4.32. The van der Waals surface area contributed by atoms with Gasteiger partial charge < -0.3 is 0 Å². The number of benzene rings is 1. The maximum absolute atomic E-state index is 12.0. The van der Waals surface area contributed by atoms with Crippen LogP contribution in [0, 0.1) is 0 Å². The molecule has 0 unspecified atom stereocenters. The van der Waals surface area contributed by atoms with E-state index in [1.54, 1.807) is 18.3 Å². The van der Waals surface area contributed by atoms with E-state index in [-0.39, 0.29) is 11.6 Å². The van der Waals surface area contributed by atoms with Crippen molar-refractivity contribution < 1.29 is 4.79 Å². The molecule has 8 heteroatoms. The quantitative estimate of drug-likeness (QED) is 0.498. The number of hydrogen-bond donors (Lipinski definition) is 2. The van der Waals surface area contributed by atoms with Crippen LogP contribution in [0.3, 0.4) is 0 Å². The first kappa shape index (κ1) is 15.9. The van der Waals surface area contributed by atoms with Crippen molar-refractivity contribution in [3.63, 3.8) is 0 Å². The number of nitrogens with zero attached hydrogens (tertiary/aromatic N) is 2. The van der Waals surface area contributed by atoms with Crippen LogP contribution in [-0.4, -0.2) is 22.3 Å². The summed E-state index contributed by atoms with van der Waals surface area (Å²) < 4.78 is 1.62. The van der Waals surface area contributed by atoms with Gasteiger partial charge >= 0.3 is 0 Å². The highest BCUT2D eigenvalue weighted by Crippen LogP contribution is 2.29. The molecule has 2 aromatic heterocycles. The first-order chi connectivity index (χ1) is 11.1. The Morgan fingerprint density at radius 3 is 2.96 bits per heavy atom. The Kier molecular flexibility index (Phi) is 4.90. The van der Waals surface area contributed by atoms with E-state index in [1.807, 2.05) is 30.3 Å². The number of nitrogens with one attached hydrogen (secondary N) is 2. The Morgan fingerprint density at radius 2 is 2.22 bits per heavy atom. The molecule has 0 fully saturated rings. The van der Waals surface area contributed by atoms with E-state index >= 15 is 0 Å². The molecule has 3 aromatic rings. The van der Waals surface area contributed by atoms with Crippen molar-refractivity contribution in [3.05, 3.63) is 62.5 Å². The molecule has 0 spiro atoms. The molecular weight excluding hydrogens is 400 g/mol. The number of hydrazone groups is 1. The van der Waals surface area contributed by atoms with Gasteiger partial charge in [0.05, 0.1) is 21.1 Å². The van der Waals surface area contributed by atoms with Crippen LogP contribution in [0.2, 0.25) is 4.34 Å². The van der Waals surface area contributed by atoms with E-state index in [1.165, 1.54) is 11.3 Å². The second-order valence-electron chi connectivity index (χ2n) is 4.52. The molecule has 23 heavy (non-hydrogen) atoms. The maximum Gasteiger partial charge on any atom is 0.291 e. The van der Waals surface area contributed by atoms with Gasteiger partial charge in [-0.05, 0) is 35.9 Å². The van der Waals surface area contributed by atoms with Crippen molar-refractivity contribution in [2.24, 2.45) is 5.10 Å². The van der Waals surface area contributed by atoms with Crippen LogP contribution in [-0.2, 0) is 0 Å². The highest BCUT2D eigenvalue weighted by atomic mass is 79.9. The van der Waals surface area contributed by atoms with Crippen LogP contribution in [0.5, 0.6) is 0 Å². The van der Waals surface area contributed by atoms with E-state index in [9.17, 15) is 4.79 Å². The van der Waals surface area contributed by atoms with Crippen LogP contribution in [0.1, 0.15) is 16.1 Å². The molecule has 2 N–H and O–H groups in total. The van der Waals surface area contributed by atoms with Crippen molar-refractivity contribution in [2.45, 2.75) is 0 Å². The number of thiophene rings is 1. The van der Waals surface area contributed by atoms with Gasteiger partial charge in [0.1, 0.15) is 0 Å². The van der Waals surface area contributed by atoms with Crippen molar-refractivity contribution in [1.82, 2.24) is 15.6 Å². The monoisotopic (exact) mass is 408 g/mol. The Balaban J connectivity index is 1.66. The minimum atomic E-state index is -0.388. The predicted octanol–water partition coefficient (Wildman–Crippen LogP) is 4.32. The molecule has 5 nitrogen and oxygen atoms in total. The summed E-state index contributed by atoms with van der Waals surface area (Å²) in [6, 6.07) is 12.9. The van der Waals surface area contributed by atoms with E-state index in [0.29, 0.717) is 4.34 Å². The molecule has 0 bridgehead atoms. The molecule has 0 aliphatic rings. The molecule has 116 valence electrons. The lowest BCUT2D eigenvalue weighted by atomic mass is 10.2. The van der Waals surface area contributed by atoms with Crippen molar-refractivity contribution in [1.29, 1.82) is 0 Å². The molecular formula is C15H10BrClN4OS. The molecule has 0 aliphatic heterocycles. The number of carbonyl (C=O) groups is 1. The molecule has 1 aromatic carbocycles. The zero-order valence-corrected chi connectivity index (χ0v) is 14.7. The first-order valence-corrected chi connectivity index (χ1v) is 8.50. The van der Waals surface area contributed by atoms with Crippen LogP contribution in [0.25, 0.3) is 10.6 Å². The second-order valence-corrected chi connectivity index (χ2v) is 7.16. The Hall–Kier alpha value is -1.96. The van der Waals surface area contributed by atoms with Gasteiger partial charge in [0.25, 0.3) is 5.91 Å². The zero-order valence-electron chi connectivity index (χ0n) is 11.6. The topological polar surface area (TPSA) is 70.1 Å².